The van der Waals surface area contributed by atoms with Gasteiger partial charge in [0.05, 0.1) is 19.6 Å². The maximum Gasteiger partial charge on any atom is 0.390 e. The molecule has 1 rings (SSSR count). The topological polar surface area (TPSA) is 65.9 Å². The monoisotopic (exact) mass is 311 g/mol. The fraction of sp³-hybridized carbons (Fsp3) is 0.923. The highest BCUT2D eigenvalue weighted by atomic mass is 19.4. The van der Waals surface area contributed by atoms with Gasteiger partial charge in [-0.15, -0.1) is 0 Å². The molecule has 1 heterocycles. The summed E-state index contributed by atoms with van der Waals surface area (Å²) in [5.41, 5.74) is -0.207. The zero-order chi connectivity index (χ0) is 15.8. The molecule has 1 atom stereocenters. The van der Waals surface area contributed by atoms with Crippen molar-refractivity contribution in [1.82, 2.24) is 10.6 Å². The van der Waals surface area contributed by atoms with Crippen LogP contribution in [0.5, 0.6) is 0 Å². The van der Waals surface area contributed by atoms with Crippen LogP contribution in [0.2, 0.25) is 0 Å². The van der Waals surface area contributed by atoms with E-state index >= 15 is 0 Å². The van der Waals surface area contributed by atoms with Gasteiger partial charge in [-0.3, -0.25) is 4.99 Å². The summed E-state index contributed by atoms with van der Waals surface area (Å²) in [6.07, 6.45) is -3.69. The number of hydrogen-bond acceptors (Lipinski definition) is 3. The number of halogens is 3. The van der Waals surface area contributed by atoms with Gasteiger partial charge in [-0.1, -0.05) is 0 Å². The van der Waals surface area contributed by atoms with Crippen LogP contribution >= 0.6 is 0 Å². The van der Waals surface area contributed by atoms with Crippen LogP contribution in [0.3, 0.4) is 0 Å². The molecule has 0 aromatic rings. The zero-order valence-electron chi connectivity index (χ0n) is 12.3. The number of rotatable bonds is 7. The lowest BCUT2D eigenvalue weighted by atomic mass is 9.84. The fourth-order valence-corrected chi connectivity index (χ4v) is 2.20. The molecular formula is C13H24F3N3O2. The molecule has 0 aromatic carbocycles. The van der Waals surface area contributed by atoms with Crippen LogP contribution in [0.4, 0.5) is 13.2 Å². The van der Waals surface area contributed by atoms with E-state index in [0.717, 1.165) is 6.42 Å². The second-order valence-electron chi connectivity index (χ2n) is 5.26. The normalized spacial score (nSPS) is 23.4. The Morgan fingerprint density at radius 3 is 2.67 bits per heavy atom. The Morgan fingerprint density at radius 2 is 2.14 bits per heavy atom. The maximum absolute atomic E-state index is 12.1. The minimum absolute atomic E-state index is 0.0525. The molecule has 0 saturated carbocycles. The lowest BCUT2D eigenvalue weighted by molar-refractivity contribution is -0.132. The average Bonchev–Trinajstić information content (AvgIpc) is 2.84. The molecule has 1 aliphatic heterocycles. The van der Waals surface area contributed by atoms with Crippen LogP contribution in [0, 0.1) is 5.41 Å². The average molecular weight is 311 g/mol. The Kier molecular flexibility index (Phi) is 7.24. The summed E-state index contributed by atoms with van der Waals surface area (Å²) in [5, 5.41) is 14.7. The first kappa shape index (κ1) is 18.0. The van der Waals surface area contributed by atoms with Gasteiger partial charge in [-0.2, -0.15) is 13.2 Å². The molecule has 0 radical (unpaired) electrons. The maximum atomic E-state index is 12.1. The molecule has 0 aromatic heterocycles. The van der Waals surface area contributed by atoms with Crippen molar-refractivity contribution < 1.29 is 23.0 Å². The summed E-state index contributed by atoms with van der Waals surface area (Å²) >= 11 is 0. The van der Waals surface area contributed by atoms with Gasteiger partial charge in [0.2, 0.25) is 0 Å². The molecule has 1 unspecified atom stereocenters. The minimum Gasteiger partial charge on any atom is -0.396 e. The number of guanidine groups is 1. The number of aliphatic hydroxyl groups excluding tert-OH is 1. The van der Waals surface area contributed by atoms with Crippen molar-refractivity contribution in [3.05, 3.63) is 0 Å². The Morgan fingerprint density at radius 1 is 1.38 bits per heavy atom. The number of alkyl halides is 3. The molecule has 8 heteroatoms. The molecule has 1 saturated heterocycles. The van der Waals surface area contributed by atoms with E-state index in [1.807, 2.05) is 6.92 Å². The zero-order valence-corrected chi connectivity index (χ0v) is 12.3. The van der Waals surface area contributed by atoms with E-state index in [9.17, 15) is 13.2 Å². The second kappa shape index (κ2) is 8.43. The van der Waals surface area contributed by atoms with Gasteiger partial charge in [0.1, 0.15) is 0 Å². The van der Waals surface area contributed by atoms with Gasteiger partial charge in [0.25, 0.3) is 0 Å². The van der Waals surface area contributed by atoms with Crippen molar-refractivity contribution in [2.45, 2.75) is 32.4 Å². The van der Waals surface area contributed by atoms with Crippen LogP contribution in [0.15, 0.2) is 4.99 Å². The lowest BCUT2D eigenvalue weighted by Crippen LogP contribution is -2.40. The van der Waals surface area contributed by atoms with E-state index in [1.165, 1.54) is 0 Å². The summed E-state index contributed by atoms with van der Waals surface area (Å²) in [6, 6.07) is 0. The van der Waals surface area contributed by atoms with E-state index in [2.05, 4.69) is 15.6 Å². The molecule has 1 fully saturated rings. The third kappa shape index (κ3) is 6.99. The summed E-state index contributed by atoms with van der Waals surface area (Å²) in [6.45, 7) is 3.85. The number of aliphatic imine (C=N–C) groups is 1. The number of hydrogen-bond donors (Lipinski definition) is 3. The highest BCUT2D eigenvalue weighted by Crippen LogP contribution is 2.32. The van der Waals surface area contributed by atoms with Crippen molar-refractivity contribution in [1.29, 1.82) is 0 Å². The second-order valence-corrected chi connectivity index (χ2v) is 5.26. The van der Waals surface area contributed by atoms with Gasteiger partial charge in [0, 0.05) is 31.7 Å². The predicted molar refractivity (Wildman–Crippen MR) is 74.2 cm³/mol. The highest BCUT2D eigenvalue weighted by Gasteiger charge is 2.34. The Balaban J connectivity index is 2.53. The Hall–Kier alpha value is -1.02. The summed E-state index contributed by atoms with van der Waals surface area (Å²) in [4.78, 5) is 4.34. The Bertz CT molecular complexity index is 329. The Labute approximate surface area is 123 Å². The van der Waals surface area contributed by atoms with Gasteiger partial charge in [0.15, 0.2) is 5.96 Å². The van der Waals surface area contributed by atoms with Crippen molar-refractivity contribution >= 4 is 5.96 Å². The first-order valence-electron chi connectivity index (χ1n) is 7.18. The quantitative estimate of drug-likeness (QED) is 0.489. The highest BCUT2D eigenvalue weighted by molar-refractivity contribution is 5.79. The SMILES string of the molecule is CCNC(=NCC1(CCO)CCOC1)NCCC(F)(F)F. The largest absolute Gasteiger partial charge is 0.396 e. The van der Waals surface area contributed by atoms with Crippen molar-refractivity contribution in [2.24, 2.45) is 10.4 Å². The molecule has 3 N–H and O–H groups in total. The van der Waals surface area contributed by atoms with Crippen LogP contribution in [-0.2, 0) is 4.74 Å². The third-order valence-corrected chi connectivity index (χ3v) is 3.44. The van der Waals surface area contributed by atoms with Crippen molar-refractivity contribution in [2.75, 3.05) is 39.5 Å². The first-order valence-corrected chi connectivity index (χ1v) is 7.18. The van der Waals surface area contributed by atoms with E-state index < -0.39 is 12.6 Å². The summed E-state index contributed by atoms with van der Waals surface area (Å²) in [7, 11) is 0. The molecule has 21 heavy (non-hydrogen) atoms. The van der Waals surface area contributed by atoms with Gasteiger partial charge in [-0.25, -0.2) is 0 Å². The van der Waals surface area contributed by atoms with Gasteiger partial charge >= 0.3 is 6.18 Å². The molecular weight excluding hydrogens is 287 g/mol. The van der Waals surface area contributed by atoms with Crippen molar-refractivity contribution in [3.8, 4) is 0 Å². The van der Waals surface area contributed by atoms with Crippen LogP contribution in [0.25, 0.3) is 0 Å². The lowest BCUT2D eigenvalue weighted by Gasteiger charge is -2.24. The third-order valence-electron chi connectivity index (χ3n) is 3.44. The minimum atomic E-state index is -4.18. The molecule has 0 aliphatic carbocycles. The van der Waals surface area contributed by atoms with Crippen LogP contribution in [0.1, 0.15) is 26.2 Å². The summed E-state index contributed by atoms with van der Waals surface area (Å²) < 4.78 is 41.8. The van der Waals surface area contributed by atoms with Crippen molar-refractivity contribution in [3.63, 3.8) is 0 Å². The smallest absolute Gasteiger partial charge is 0.390 e. The number of nitrogens with zero attached hydrogens (tertiary/aromatic N) is 1. The molecule has 124 valence electrons. The van der Waals surface area contributed by atoms with E-state index in [1.54, 1.807) is 0 Å². The number of ether oxygens (including phenoxy) is 1. The predicted octanol–water partition coefficient (Wildman–Crippen LogP) is 1.28. The van der Waals surface area contributed by atoms with E-state index in [-0.39, 0.29) is 18.6 Å². The molecule has 0 spiro atoms. The molecule has 1 aliphatic rings. The molecule has 5 nitrogen and oxygen atoms in total. The fourth-order valence-electron chi connectivity index (χ4n) is 2.20. The molecule has 0 bridgehead atoms. The van der Waals surface area contributed by atoms with Gasteiger partial charge < -0.3 is 20.5 Å². The van der Waals surface area contributed by atoms with Crippen LogP contribution in [-0.4, -0.2) is 56.7 Å². The standard InChI is InChI=1S/C13H24F3N3O2/c1-2-17-11(18-6-3-13(14,15)16)19-9-12(4-7-20)5-8-21-10-12/h20H,2-10H2,1H3,(H2,17,18,19). The first-order chi connectivity index (χ1) is 9.91. The van der Waals surface area contributed by atoms with Crippen LogP contribution < -0.4 is 10.6 Å². The van der Waals surface area contributed by atoms with Gasteiger partial charge in [-0.05, 0) is 19.8 Å². The number of aliphatic hydroxyl groups is 1. The summed E-state index contributed by atoms with van der Waals surface area (Å²) in [5.74, 6) is 0.367. The van der Waals surface area contributed by atoms with E-state index in [4.69, 9.17) is 9.84 Å². The van der Waals surface area contributed by atoms with E-state index in [0.29, 0.717) is 38.7 Å². The molecule has 0 amide bonds. The number of nitrogens with one attached hydrogen (secondary N) is 2.